The molecular formula is C19H29N3O5S. The van der Waals surface area contributed by atoms with E-state index in [1.54, 1.807) is 12.1 Å². The number of sulfonamides is 1. The van der Waals surface area contributed by atoms with Crippen molar-refractivity contribution in [1.82, 2.24) is 9.62 Å². The Labute approximate surface area is 166 Å². The molecule has 28 heavy (non-hydrogen) atoms. The highest BCUT2D eigenvalue weighted by atomic mass is 32.2. The summed E-state index contributed by atoms with van der Waals surface area (Å²) in [6, 6.07) is 4.84. The number of nitrogens with one attached hydrogen (secondary N) is 1. The van der Waals surface area contributed by atoms with Crippen molar-refractivity contribution in [3.05, 3.63) is 23.8 Å². The van der Waals surface area contributed by atoms with E-state index in [1.165, 1.54) is 10.4 Å². The van der Waals surface area contributed by atoms with E-state index in [0.29, 0.717) is 58.2 Å². The highest BCUT2D eigenvalue weighted by molar-refractivity contribution is 7.89. The van der Waals surface area contributed by atoms with E-state index < -0.39 is 10.0 Å². The minimum Gasteiger partial charge on any atom is -0.379 e. The van der Waals surface area contributed by atoms with Gasteiger partial charge in [0.1, 0.15) is 0 Å². The first-order valence-corrected chi connectivity index (χ1v) is 11.2. The van der Waals surface area contributed by atoms with Crippen molar-refractivity contribution in [3.8, 4) is 0 Å². The molecule has 2 saturated heterocycles. The van der Waals surface area contributed by atoms with Gasteiger partial charge in [-0.2, -0.15) is 4.31 Å². The first kappa shape index (κ1) is 21.0. The maximum Gasteiger partial charge on any atom is 0.253 e. The van der Waals surface area contributed by atoms with Crippen LogP contribution >= 0.6 is 0 Å². The maximum absolute atomic E-state index is 13.0. The van der Waals surface area contributed by atoms with Gasteiger partial charge in [0.2, 0.25) is 10.0 Å². The molecule has 0 saturated carbocycles. The lowest BCUT2D eigenvalue weighted by Gasteiger charge is -2.31. The van der Waals surface area contributed by atoms with Crippen molar-refractivity contribution in [2.24, 2.45) is 0 Å². The number of hydrogen-bond donors (Lipinski definition) is 1. The van der Waals surface area contributed by atoms with Crippen LogP contribution in [-0.2, 0) is 19.5 Å². The van der Waals surface area contributed by atoms with Gasteiger partial charge in [0.15, 0.2) is 0 Å². The van der Waals surface area contributed by atoms with Crippen LogP contribution in [-0.4, -0.2) is 77.3 Å². The third kappa shape index (κ3) is 4.65. The van der Waals surface area contributed by atoms with Crippen LogP contribution in [0.25, 0.3) is 0 Å². The molecular weight excluding hydrogens is 382 g/mol. The Morgan fingerprint density at radius 3 is 2.32 bits per heavy atom. The fourth-order valence-electron chi connectivity index (χ4n) is 3.28. The molecule has 0 aromatic heterocycles. The third-order valence-corrected chi connectivity index (χ3v) is 7.06. The molecule has 1 aromatic carbocycles. The number of hydrogen-bond acceptors (Lipinski definition) is 6. The van der Waals surface area contributed by atoms with Gasteiger partial charge in [0, 0.05) is 37.9 Å². The smallest absolute Gasteiger partial charge is 0.253 e. The minimum atomic E-state index is -3.67. The minimum absolute atomic E-state index is 0.00421. The Bertz CT molecular complexity index is 787. The first-order chi connectivity index (χ1) is 13.4. The number of carbonyl (C=O) groups excluding carboxylic acids is 1. The van der Waals surface area contributed by atoms with Crippen molar-refractivity contribution in [1.29, 1.82) is 0 Å². The summed E-state index contributed by atoms with van der Waals surface area (Å²) in [6.45, 7) is 7.83. The lowest BCUT2D eigenvalue weighted by molar-refractivity contribution is 0.0730. The third-order valence-electron chi connectivity index (χ3n) is 5.16. The van der Waals surface area contributed by atoms with Gasteiger partial charge in [-0.15, -0.1) is 0 Å². The van der Waals surface area contributed by atoms with Crippen molar-refractivity contribution in [2.45, 2.75) is 31.2 Å². The molecule has 1 N–H and O–H groups in total. The summed E-state index contributed by atoms with van der Waals surface area (Å²) in [5, 5.41) is 2.96. The molecule has 0 aliphatic carbocycles. The predicted molar refractivity (Wildman–Crippen MR) is 106 cm³/mol. The second-order valence-electron chi connectivity index (χ2n) is 7.08. The Balaban J connectivity index is 1.96. The van der Waals surface area contributed by atoms with Gasteiger partial charge in [-0.25, -0.2) is 8.42 Å². The van der Waals surface area contributed by atoms with E-state index in [0.717, 1.165) is 12.1 Å². The quantitative estimate of drug-likeness (QED) is 0.754. The zero-order chi connectivity index (χ0) is 20.1. The molecule has 156 valence electrons. The van der Waals surface area contributed by atoms with Gasteiger partial charge in [-0.3, -0.25) is 4.79 Å². The highest BCUT2D eigenvalue weighted by Crippen LogP contribution is 2.27. The largest absolute Gasteiger partial charge is 0.379 e. The second-order valence-corrected chi connectivity index (χ2v) is 9.02. The zero-order valence-electron chi connectivity index (χ0n) is 16.5. The van der Waals surface area contributed by atoms with Gasteiger partial charge < -0.3 is 19.7 Å². The number of amides is 1. The Morgan fingerprint density at radius 2 is 1.71 bits per heavy atom. The lowest BCUT2D eigenvalue weighted by atomic mass is 10.1. The van der Waals surface area contributed by atoms with Gasteiger partial charge in [0.25, 0.3) is 5.91 Å². The van der Waals surface area contributed by atoms with E-state index in [4.69, 9.17) is 9.47 Å². The second kappa shape index (κ2) is 9.21. The number of carbonyl (C=O) groups is 1. The Hall–Kier alpha value is -1.68. The van der Waals surface area contributed by atoms with E-state index >= 15 is 0 Å². The molecule has 3 rings (SSSR count). The fourth-order valence-corrected chi connectivity index (χ4v) is 4.71. The van der Waals surface area contributed by atoms with Gasteiger partial charge in [0.05, 0.1) is 36.9 Å². The van der Waals surface area contributed by atoms with Crippen LogP contribution in [0.5, 0.6) is 0 Å². The van der Waals surface area contributed by atoms with Crippen LogP contribution in [0.3, 0.4) is 0 Å². The van der Waals surface area contributed by atoms with Gasteiger partial charge in [-0.1, -0.05) is 6.92 Å². The summed E-state index contributed by atoms with van der Waals surface area (Å²) >= 11 is 0. The van der Waals surface area contributed by atoms with E-state index in [9.17, 15) is 13.2 Å². The molecule has 9 heteroatoms. The first-order valence-electron chi connectivity index (χ1n) is 9.79. The van der Waals surface area contributed by atoms with Gasteiger partial charge >= 0.3 is 0 Å². The van der Waals surface area contributed by atoms with Crippen LogP contribution in [0.4, 0.5) is 5.69 Å². The Kier molecular flexibility index (Phi) is 6.92. The monoisotopic (exact) mass is 411 g/mol. The molecule has 2 fully saturated rings. The SMILES string of the molecule is CCC(C)NC(=O)c1cc(S(=O)(=O)N2CCOCC2)ccc1N1CCOCC1. The summed E-state index contributed by atoms with van der Waals surface area (Å²) in [7, 11) is -3.67. The molecule has 2 aliphatic rings. The average molecular weight is 412 g/mol. The standard InChI is InChI=1S/C19H29N3O5S/c1-3-15(2)20-19(23)17-14-16(28(24,25)22-8-12-27-13-9-22)4-5-18(17)21-6-10-26-11-7-21/h4-5,14-15H,3,6-13H2,1-2H3,(H,20,23). The van der Waals surface area contributed by atoms with E-state index in [1.807, 2.05) is 13.8 Å². The fraction of sp³-hybridized carbons (Fsp3) is 0.632. The average Bonchev–Trinajstić information content (AvgIpc) is 2.74. The topological polar surface area (TPSA) is 88.2 Å². The number of rotatable bonds is 6. The molecule has 1 unspecified atom stereocenters. The van der Waals surface area contributed by atoms with Crippen molar-refractivity contribution in [3.63, 3.8) is 0 Å². The normalized spacial score (nSPS) is 20.0. The van der Waals surface area contributed by atoms with Crippen LogP contribution in [0, 0.1) is 0 Å². The number of benzene rings is 1. The van der Waals surface area contributed by atoms with Crippen LogP contribution < -0.4 is 10.2 Å². The Morgan fingerprint density at radius 1 is 1.11 bits per heavy atom. The molecule has 2 aliphatic heterocycles. The van der Waals surface area contributed by atoms with Crippen molar-refractivity contribution in [2.75, 3.05) is 57.5 Å². The molecule has 1 atom stereocenters. The van der Waals surface area contributed by atoms with Crippen molar-refractivity contribution >= 4 is 21.6 Å². The molecule has 1 aromatic rings. The van der Waals surface area contributed by atoms with E-state index in [2.05, 4.69) is 10.2 Å². The lowest BCUT2D eigenvalue weighted by Crippen LogP contribution is -2.41. The summed E-state index contributed by atoms with van der Waals surface area (Å²) < 4.78 is 38.1. The molecule has 0 bridgehead atoms. The number of ether oxygens (including phenoxy) is 2. The molecule has 1 amide bonds. The van der Waals surface area contributed by atoms with Crippen LogP contribution in [0.1, 0.15) is 30.6 Å². The molecule has 0 radical (unpaired) electrons. The molecule has 2 heterocycles. The summed E-state index contributed by atoms with van der Waals surface area (Å²) in [4.78, 5) is 15.1. The van der Waals surface area contributed by atoms with Gasteiger partial charge in [-0.05, 0) is 31.5 Å². The molecule has 8 nitrogen and oxygen atoms in total. The zero-order valence-corrected chi connectivity index (χ0v) is 17.3. The summed E-state index contributed by atoms with van der Waals surface area (Å²) in [5.41, 5.74) is 1.13. The predicted octanol–water partition coefficient (Wildman–Crippen LogP) is 1.07. The van der Waals surface area contributed by atoms with Crippen molar-refractivity contribution < 1.29 is 22.7 Å². The van der Waals surface area contributed by atoms with Crippen LogP contribution in [0.15, 0.2) is 23.1 Å². The van der Waals surface area contributed by atoms with Crippen LogP contribution in [0.2, 0.25) is 0 Å². The number of nitrogens with zero attached hydrogens (tertiary/aromatic N) is 2. The number of morpholine rings is 2. The number of anilines is 1. The highest BCUT2D eigenvalue weighted by Gasteiger charge is 2.29. The maximum atomic E-state index is 13.0. The molecule has 0 spiro atoms. The van der Waals surface area contributed by atoms with E-state index in [-0.39, 0.29) is 16.8 Å². The summed E-state index contributed by atoms with van der Waals surface area (Å²) in [5.74, 6) is -0.255. The summed E-state index contributed by atoms with van der Waals surface area (Å²) in [6.07, 6.45) is 0.796.